The van der Waals surface area contributed by atoms with Crippen LogP contribution in [-0.4, -0.2) is 29.8 Å². The standard InChI is InChI=1S/C23H22Cl2N2O2S/c1-15-6-9-17(14-19(15)25)27-22(28)20(26-12-4-2-3-5-13-26)21(23(27)29)30-18-10-7-16(24)8-11-18/h6-11,14H,2-5,12-13H2,1H3. The van der Waals surface area contributed by atoms with E-state index in [0.717, 1.165) is 49.2 Å². The van der Waals surface area contributed by atoms with Crippen molar-refractivity contribution in [3.8, 4) is 0 Å². The molecule has 0 aliphatic carbocycles. The van der Waals surface area contributed by atoms with Crippen molar-refractivity contribution >= 4 is 52.5 Å². The first-order chi connectivity index (χ1) is 14.5. The Bertz CT molecular complexity index is 1010. The van der Waals surface area contributed by atoms with Crippen LogP contribution in [0, 0.1) is 6.92 Å². The van der Waals surface area contributed by atoms with Crippen molar-refractivity contribution in [3.05, 3.63) is 68.7 Å². The quantitative estimate of drug-likeness (QED) is 0.520. The molecule has 2 aliphatic rings. The van der Waals surface area contributed by atoms with Gasteiger partial charge in [-0.05, 0) is 61.7 Å². The molecule has 2 aromatic rings. The highest BCUT2D eigenvalue weighted by Crippen LogP contribution is 2.40. The first kappa shape index (κ1) is 21.3. The molecule has 7 heteroatoms. The largest absolute Gasteiger partial charge is 0.366 e. The third-order valence-electron chi connectivity index (χ3n) is 5.39. The molecule has 156 valence electrons. The lowest BCUT2D eigenvalue weighted by atomic mass is 10.2. The van der Waals surface area contributed by atoms with E-state index in [0.29, 0.717) is 26.3 Å². The summed E-state index contributed by atoms with van der Waals surface area (Å²) in [6, 6.07) is 12.6. The number of anilines is 1. The molecule has 30 heavy (non-hydrogen) atoms. The number of carbonyl (C=O) groups is 2. The molecule has 0 radical (unpaired) electrons. The second-order valence-electron chi connectivity index (χ2n) is 7.51. The maximum Gasteiger partial charge on any atom is 0.283 e. The second-order valence-corrected chi connectivity index (χ2v) is 9.44. The fraction of sp³-hybridized carbons (Fsp3) is 0.304. The van der Waals surface area contributed by atoms with Crippen LogP contribution < -0.4 is 4.90 Å². The van der Waals surface area contributed by atoms with Crippen LogP contribution >= 0.6 is 35.0 Å². The van der Waals surface area contributed by atoms with Gasteiger partial charge in [0.1, 0.15) is 10.6 Å². The van der Waals surface area contributed by atoms with Gasteiger partial charge >= 0.3 is 0 Å². The number of halogens is 2. The predicted molar refractivity (Wildman–Crippen MR) is 123 cm³/mol. The monoisotopic (exact) mass is 460 g/mol. The van der Waals surface area contributed by atoms with Crippen molar-refractivity contribution in [1.82, 2.24) is 4.90 Å². The van der Waals surface area contributed by atoms with Crippen LogP contribution in [0.15, 0.2) is 58.0 Å². The van der Waals surface area contributed by atoms with Crippen LogP contribution in [0.25, 0.3) is 0 Å². The van der Waals surface area contributed by atoms with Crippen LogP contribution in [0.1, 0.15) is 31.2 Å². The molecule has 0 N–H and O–H groups in total. The highest BCUT2D eigenvalue weighted by molar-refractivity contribution is 8.04. The van der Waals surface area contributed by atoms with Crippen molar-refractivity contribution < 1.29 is 9.59 Å². The Morgan fingerprint density at radius 1 is 0.867 bits per heavy atom. The lowest BCUT2D eigenvalue weighted by Crippen LogP contribution is -2.35. The number of thioether (sulfide) groups is 1. The third kappa shape index (κ3) is 4.25. The Hall–Kier alpha value is -1.95. The molecular formula is C23H22Cl2N2O2S. The fourth-order valence-corrected chi connectivity index (χ4v) is 5.04. The minimum atomic E-state index is -0.306. The van der Waals surface area contributed by atoms with Crippen LogP contribution in [0.2, 0.25) is 10.0 Å². The van der Waals surface area contributed by atoms with E-state index in [1.54, 1.807) is 24.3 Å². The number of aryl methyl sites for hydroxylation is 1. The van der Waals surface area contributed by atoms with Crippen LogP contribution in [0.4, 0.5) is 5.69 Å². The molecule has 0 aromatic heterocycles. The summed E-state index contributed by atoms with van der Waals surface area (Å²) >= 11 is 13.6. The summed E-state index contributed by atoms with van der Waals surface area (Å²) in [4.78, 5) is 31.6. The lowest BCUT2D eigenvalue weighted by Gasteiger charge is -2.24. The van der Waals surface area contributed by atoms with E-state index in [-0.39, 0.29) is 11.8 Å². The first-order valence-corrected chi connectivity index (χ1v) is 11.6. The van der Waals surface area contributed by atoms with Gasteiger partial charge in [-0.2, -0.15) is 0 Å². The number of hydrogen-bond donors (Lipinski definition) is 0. The molecule has 1 saturated heterocycles. The molecule has 4 rings (SSSR count). The number of imide groups is 1. The number of carbonyl (C=O) groups excluding carboxylic acids is 2. The van der Waals surface area contributed by atoms with E-state index in [4.69, 9.17) is 23.2 Å². The zero-order valence-corrected chi connectivity index (χ0v) is 19.0. The zero-order valence-electron chi connectivity index (χ0n) is 16.7. The van der Waals surface area contributed by atoms with Crippen LogP contribution in [-0.2, 0) is 9.59 Å². The summed E-state index contributed by atoms with van der Waals surface area (Å²) in [7, 11) is 0. The summed E-state index contributed by atoms with van der Waals surface area (Å²) in [5.74, 6) is -0.586. The molecule has 0 atom stereocenters. The average Bonchev–Trinajstić information content (AvgIpc) is 2.90. The second kappa shape index (κ2) is 9.04. The molecule has 0 spiro atoms. The average molecular weight is 461 g/mol. The summed E-state index contributed by atoms with van der Waals surface area (Å²) in [6.45, 7) is 3.45. The van der Waals surface area contributed by atoms with Crippen LogP contribution in [0.3, 0.4) is 0 Å². The minimum absolute atomic E-state index is 0.279. The molecule has 4 nitrogen and oxygen atoms in total. The van der Waals surface area contributed by atoms with Crippen molar-refractivity contribution in [2.75, 3.05) is 18.0 Å². The SMILES string of the molecule is Cc1ccc(N2C(=O)C(Sc3ccc(Cl)cc3)=C(N3CCCCCC3)C2=O)cc1Cl. The number of amides is 2. The molecule has 2 amide bonds. The molecule has 1 fully saturated rings. The highest BCUT2D eigenvalue weighted by Gasteiger charge is 2.42. The number of hydrogen-bond acceptors (Lipinski definition) is 4. The number of nitrogens with zero attached hydrogens (tertiary/aromatic N) is 2. The summed E-state index contributed by atoms with van der Waals surface area (Å²) in [5, 5.41) is 1.16. The molecule has 2 aromatic carbocycles. The molecular weight excluding hydrogens is 439 g/mol. The van der Waals surface area contributed by atoms with Gasteiger partial charge in [0.2, 0.25) is 0 Å². The van der Waals surface area contributed by atoms with Crippen molar-refractivity contribution in [1.29, 1.82) is 0 Å². The van der Waals surface area contributed by atoms with Crippen molar-refractivity contribution in [3.63, 3.8) is 0 Å². The molecule has 0 unspecified atom stereocenters. The van der Waals surface area contributed by atoms with E-state index in [2.05, 4.69) is 4.90 Å². The van der Waals surface area contributed by atoms with Gasteiger partial charge in [-0.15, -0.1) is 0 Å². The maximum atomic E-state index is 13.5. The third-order valence-corrected chi connectivity index (χ3v) is 7.13. The predicted octanol–water partition coefficient (Wildman–Crippen LogP) is 6.05. The summed E-state index contributed by atoms with van der Waals surface area (Å²) in [5.41, 5.74) is 1.90. The van der Waals surface area contributed by atoms with Gasteiger partial charge < -0.3 is 4.90 Å². The van der Waals surface area contributed by atoms with E-state index < -0.39 is 0 Å². The van der Waals surface area contributed by atoms with E-state index in [9.17, 15) is 9.59 Å². The van der Waals surface area contributed by atoms with Gasteiger partial charge in [-0.1, -0.05) is 53.9 Å². The van der Waals surface area contributed by atoms with E-state index in [1.165, 1.54) is 16.7 Å². The van der Waals surface area contributed by atoms with E-state index in [1.807, 2.05) is 25.1 Å². The van der Waals surface area contributed by atoms with Crippen molar-refractivity contribution in [2.45, 2.75) is 37.5 Å². The van der Waals surface area contributed by atoms with Gasteiger partial charge in [0.25, 0.3) is 11.8 Å². The Labute approximate surface area is 190 Å². The molecule has 2 aliphatic heterocycles. The number of rotatable bonds is 4. The van der Waals surface area contributed by atoms with Gasteiger partial charge in [0.15, 0.2) is 0 Å². The normalized spacial score (nSPS) is 17.7. The Kier molecular flexibility index (Phi) is 6.42. The molecule has 0 saturated carbocycles. The summed E-state index contributed by atoms with van der Waals surface area (Å²) < 4.78 is 0. The van der Waals surface area contributed by atoms with E-state index >= 15 is 0 Å². The Morgan fingerprint density at radius 2 is 1.53 bits per heavy atom. The Balaban J connectivity index is 1.74. The maximum absolute atomic E-state index is 13.5. The highest BCUT2D eigenvalue weighted by atomic mass is 35.5. The summed E-state index contributed by atoms with van der Waals surface area (Å²) in [6.07, 6.45) is 4.31. The van der Waals surface area contributed by atoms with Gasteiger partial charge in [0, 0.05) is 28.0 Å². The van der Waals surface area contributed by atoms with Gasteiger partial charge in [0.05, 0.1) is 5.69 Å². The fourth-order valence-electron chi connectivity index (χ4n) is 3.74. The zero-order chi connectivity index (χ0) is 21.3. The topological polar surface area (TPSA) is 40.6 Å². The minimum Gasteiger partial charge on any atom is -0.366 e. The Morgan fingerprint density at radius 3 is 2.17 bits per heavy atom. The molecule has 0 bridgehead atoms. The first-order valence-electron chi connectivity index (χ1n) is 10.0. The van der Waals surface area contributed by atoms with Crippen LogP contribution in [0.5, 0.6) is 0 Å². The van der Waals surface area contributed by atoms with Gasteiger partial charge in [-0.25, -0.2) is 4.90 Å². The smallest absolute Gasteiger partial charge is 0.283 e. The molecule has 2 heterocycles. The lowest BCUT2D eigenvalue weighted by molar-refractivity contribution is -0.121. The number of likely N-dealkylation sites (tertiary alicyclic amines) is 1. The van der Waals surface area contributed by atoms with Crippen molar-refractivity contribution in [2.24, 2.45) is 0 Å². The number of benzene rings is 2. The van der Waals surface area contributed by atoms with Gasteiger partial charge in [-0.3, -0.25) is 9.59 Å².